The molecule has 3 nitrogen and oxygen atoms in total. The number of piperidine rings is 1. The van der Waals surface area contributed by atoms with Crippen molar-refractivity contribution in [3.63, 3.8) is 0 Å². The van der Waals surface area contributed by atoms with Crippen LogP contribution in [0.15, 0.2) is 30.3 Å². The third-order valence-corrected chi connectivity index (χ3v) is 4.65. The number of carbonyl (C=O) groups is 1. The van der Waals surface area contributed by atoms with E-state index < -0.39 is 0 Å². The van der Waals surface area contributed by atoms with Crippen molar-refractivity contribution in [2.45, 2.75) is 31.2 Å². The van der Waals surface area contributed by atoms with Gasteiger partial charge in [-0.15, -0.1) is 0 Å². The minimum absolute atomic E-state index is 0.179. The van der Waals surface area contributed by atoms with Gasteiger partial charge in [-0.3, -0.25) is 4.79 Å². The summed E-state index contributed by atoms with van der Waals surface area (Å²) >= 11 is 0. The summed E-state index contributed by atoms with van der Waals surface area (Å²) in [6.07, 6.45) is 2.23. The third-order valence-electron chi connectivity index (χ3n) is 4.65. The molecule has 2 heterocycles. The molecule has 3 heteroatoms. The van der Waals surface area contributed by atoms with Crippen molar-refractivity contribution in [2.75, 3.05) is 19.6 Å². The second-order valence-corrected chi connectivity index (χ2v) is 5.45. The molecule has 96 valence electrons. The van der Waals surface area contributed by atoms with Gasteiger partial charge in [-0.25, -0.2) is 0 Å². The Morgan fingerprint density at radius 1 is 1.33 bits per heavy atom. The molecule has 2 fully saturated rings. The zero-order chi connectivity index (χ0) is 12.6. The quantitative estimate of drug-likeness (QED) is 0.812. The molecule has 0 unspecified atom stereocenters. The molecule has 0 aromatic heterocycles. The van der Waals surface area contributed by atoms with Crippen LogP contribution in [0.4, 0.5) is 0 Å². The Hall–Kier alpha value is -1.35. The summed E-state index contributed by atoms with van der Waals surface area (Å²) in [6.45, 7) is 4.57. The van der Waals surface area contributed by atoms with Crippen molar-refractivity contribution in [1.29, 1.82) is 0 Å². The fraction of sp³-hybridized carbons (Fsp3) is 0.533. The minimum atomic E-state index is 0.179. The fourth-order valence-electron chi connectivity index (χ4n) is 3.72. The molecule has 0 aliphatic carbocycles. The van der Waals surface area contributed by atoms with Crippen LogP contribution >= 0.6 is 0 Å². The maximum atomic E-state index is 11.8. The molecule has 0 saturated carbocycles. The average Bonchev–Trinajstić information content (AvgIpc) is 2.80. The number of carbonyl (C=O) groups excluding carboxylic acids is 1. The topological polar surface area (TPSA) is 32.3 Å². The van der Waals surface area contributed by atoms with E-state index in [-0.39, 0.29) is 11.3 Å². The summed E-state index contributed by atoms with van der Waals surface area (Å²) in [7, 11) is 0. The van der Waals surface area contributed by atoms with Gasteiger partial charge in [0.15, 0.2) is 0 Å². The lowest BCUT2D eigenvalue weighted by molar-refractivity contribution is -0.130. The number of nitrogens with zero attached hydrogens (tertiary/aromatic N) is 1. The van der Waals surface area contributed by atoms with Gasteiger partial charge in [0.25, 0.3) is 0 Å². The molecule has 2 atom stereocenters. The van der Waals surface area contributed by atoms with Crippen LogP contribution in [0.1, 0.15) is 25.3 Å². The van der Waals surface area contributed by atoms with Crippen LogP contribution in [0, 0.1) is 0 Å². The molecular weight excluding hydrogens is 224 g/mol. The van der Waals surface area contributed by atoms with Crippen molar-refractivity contribution in [1.82, 2.24) is 10.2 Å². The van der Waals surface area contributed by atoms with E-state index in [9.17, 15) is 4.79 Å². The van der Waals surface area contributed by atoms with Gasteiger partial charge in [0.2, 0.25) is 5.91 Å². The van der Waals surface area contributed by atoms with Crippen molar-refractivity contribution in [3.8, 4) is 0 Å². The predicted octanol–water partition coefficient (Wildman–Crippen LogP) is 1.54. The Morgan fingerprint density at radius 2 is 2.11 bits per heavy atom. The standard InChI is InChI=1S/C15H20N2O/c1-12(18)17-10-8-15(7-9-16-11-14(15)17)13-5-3-2-4-6-13/h2-6,14,16H,7-11H2,1H3/t14-,15+/m0/s1. The monoisotopic (exact) mass is 244 g/mol. The highest BCUT2D eigenvalue weighted by Crippen LogP contribution is 2.44. The van der Waals surface area contributed by atoms with Gasteiger partial charge in [0, 0.05) is 25.4 Å². The first-order valence-electron chi connectivity index (χ1n) is 6.77. The highest BCUT2D eigenvalue weighted by molar-refractivity contribution is 5.74. The smallest absolute Gasteiger partial charge is 0.219 e. The molecule has 2 aliphatic rings. The number of hydrogen-bond acceptors (Lipinski definition) is 2. The molecule has 3 rings (SSSR count). The van der Waals surface area contributed by atoms with E-state index in [1.165, 1.54) is 5.56 Å². The first kappa shape index (κ1) is 11.7. The van der Waals surface area contributed by atoms with Gasteiger partial charge in [-0.1, -0.05) is 30.3 Å². The first-order chi connectivity index (χ1) is 8.74. The van der Waals surface area contributed by atoms with Crippen LogP contribution in [0.2, 0.25) is 0 Å². The summed E-state index contributed by atoms with van der Waals surface area (Å²) in [5.74, 6) is 0.210. The van der Waals surface area contributed by atoms with E-state index in [4.69, 9.17) is 0 Å². The number of amides is 1. The summed E-state index contributed by atoms with van der Waals surface area (Å²) in [5, 5.41) is 3.44. The van der Waals surface area contributed by atoms with Crippen molar-refractivity contribution < 1.29 is 4.79 Å². The van der Waals surface area contributed by atoms with E-state index in [1.54, 1.807) is 6.92 Å². The zero-order valence-electron chi connectivity index (χ0n) is 10.9. The summed E-state index contributed by atoms with van der Waals surface area (Å²) in [5.41, 5.74) is 1.58. The maximum absolute atomic E-state index is 11.8. The average molecular weight is 244 g/mol. The molecule has 2 saturated heterocycles. The third kappa shape index (κ3) is 1.65. The fourth-order valence-corrected chi connectivity index (χ4v) is 3.72. The molecule has 0 bridgehead atoms. The van der Waals surface area contributed by atoms with Gasteiger partial charge >= 0.3 is 0 Å². The lowest BCUT2D eigenvalue weighted by atomic mass is 9.70. The maximum Gasteiger partial charge on any atom is 0.219 e. The van der Waals surface area contributed by atoms with Gasteiger partial charge < -0.3 is 10.2 Å². The van der Waals surface area contributed by atoms with E-state index in [2.05, 4.69) is 40.5 Å². The molecule has 1 aromatic carbocycles. The van der Waals surface area contributed by atoms with Gasteiger partial charge in [-0.05, 0) is 24.9 Å². The Kier molecular flexibility index (Phi) is 2.86. The van der Waals surface area contributed by atoms with Gasteiger partial charge in [0.1, 0.15) is 0 Å². The number of nitrogens with one attached hydrogen (secondary N) is 1. The van der Waals surface area contributed by atoms with Gasteiger partial charge in [-0.2, -0.15) is 0 Å². The summed E-state index contributed by atoms with van der Waals surface area (Å²) < 4.78 is 0. The van der Waals surface area contributed by atoms with Crippen LogP contribution in [0.5, 0.6) is 0 Å². The van der Waals surface area contributed by atoms with E-state index in [1.807, 2.05) is 0 Å². The number of benzene rings is 1. The van der Waals surface area contributed by atoms with E-state index in [0.29, 0.717) is 6.04 Å². The molecule has 0 spiro atoms. The predicted molar refractivity (Wildman–Crippen MR) is 71.4 cm³/mol. The Bertz CT molecular complexity index is 445. The first-order valence-corrected chi connectivity index (χ1v) is 6.77. The molecular formula is C15H20N2O. The second-order valence-electron chi connectivity index (χ2n) is 5.45. The van der Waals surface area contributed by atoms with Gasteiger partial charge in [0.05, 0.1) is 6.04 Å². The van der Waals surface area contributed by atoms with E-state index in [0.717, 1.165) is 32.5 Å². The summed E-state index contributed by atoms with van der Waals surface area (Å²) in [4.78, 5) is 13.8. The molecule has 1 amide bonds. The van der Waals surface area contributed by atoms with Crippen LogP contribution in [0.3, 0.4) is 0 Å². The van der Waals surface area contributed by atoms with Crippen LogP contribution in [-0.2, 0) is 10.2 Å². The Morgan fingerprint density at radius 3 is 2.83 bits per heavy atom. The normalized spacial score (nSPS) is 31.2. The van der Waals surface area contributed by atoms with Crippen LogP contribution in [-0.4, -0.2) is 36.5 Å². The highest BCUT2D eigenvalue weighted by Gasteiger charge is 2.50. The van der Waals surface area contributed by atoms with Crippen LogP contribution < -0.4 is 5.32 Å². The number of hydrogen-bond donors (Lipinski definition) is 1. The highest BCUT2D eigenvalue weighted by atomic mass is 16.2. The molecule has 18 heavy (non-hydrogen) atoms. The lowest BCUT2D eigenvalue weighted by Gasteiger charge is -2.42. The van der Waals surface area contributed by atoms with Crippen molar-refractivity contribution in [3.05, 3.63) is 35.9 Å². The lowest BCUT2D eigenvalue weighted by Crippen LogP contribution is -2.55. The molecule has 1 aromatic rings. The Balaban J connectivity index is 2.00. The summed E-state index contributed by atoms with van der Waals surface area (Å²) in [6, 6.07) is 11.1. The number of likely N-dealkylation sites (tertiary alicyclic amines) is 1. The van der Waals surface area contributed by atoms with Crippen molar-refractivity contribution >= 4 is 5.91 Å². The van der Waals surface area contributed by atoms with Crippen molar-refractivity contribution in [2.24, 2.45) is 0 Å². The van der Waals surface area contributed by atoms with Crippen LogP contribution in [0.25, 0.3) is 0 Å². The largest absolute Gasteiger partial charge is 0.338 e. The van der Waals surface area contributed by atoms with E-state index >= 15 is 0 Å². The minimum Gasteiger partial charge on any atom is -0.338 e. The number of fused-ring (bicyclic) bond motifs is 1. The SMILES string of the molecule is CC(=O)N1CC[C@@]2(c3ccccc3)CCNC[C@H]12. The molecule has 2 aliphatic heterocycles. The Labute approximate surface area is 108 Å². The molecule has 1 N–H and O–H groups in total. The number of rotatable bonds is 1. The zero-order valence-corrected chi connectivity index (χ0v) is 10.9. The molecule has 0 radical (unpaired) electrons. The second kappa shape index (κ2) is 4.39.